The maximum absolute atomic E-state index is 14.2. The van der Waals surface area contributed by atoms with Crippen LogP contribution in [0, 0.1) is 12.7 Å². The van der Waals surface area contributed by atoms with Gasteiger partial charge < -0.3 is 14.8 Å². The number of urea groups is 1. The summed E-state index contributed by atoms with van der Waals surface area (Å²) >= 11 is 9.21. The number of aryl methyl sites for hydroxylation is 1. The number of halogens is 3. The van der Waals surface area contributed by atoms with E-state index in [1.54, 1.807) is 11.0 Å². The van der Waals surface area contributed by atoms with Crippen LogP contribution in [0.25, 0.3) is 0 Å². The molecule has 30 heavy (non-hydrogen) atoms. The van der Waals surface area contributed by atoms with E-state index in [1.807, 2.05) is 35.8 Å². The molecule has 0 spiro atoms. The first-order chi connectivity index (χ1) is 14.4. The molecule has 1 N–H and O–H groups in total. The molecular weight excluding hydrogens is 473 g/mol. The molecule has 0 aliphatic carbocycles. The van der Waals surface area contributed by atoms with Crippen molar-refractivity contribution in [2.75, 3.05) is 11.9 Å². The highest BCUT2D eigenvalue weighted by Gasteiger charge is 2.34. The van der Waals surface area contributed by atoms with Crippen LogP contribution in [0.1, 0.15) is 36.1 Å². The van der Waals surface area contributed by atoms with Crippen molar-refractivity contribution >= 4 is 39.2 Å². The Bertz CT molecular complexity index is 1070. The third-order valence-corrected chi connectivity index (χ3v) is 5.95. The van der Waals surface area contributed by atoms with Gasteiger partial charge in [-0.2, -0.15) is 0 Å². The average molecular weight is 493 g/mol. The normalized spacial score (nSPS) is 16.1. The summed E-state index contributed by atoms with van der Waals surface area (Å²) in [7, 11) is 0. The molecule has 2 aromatic carbocycles. The minimum Gasteiger partial charge on any atom is -0.314 e. The number of benzene rings is 2. The molecule has 2 amide bonds. The van der Waals surface area contributed by atoms with E-state index in [4.69, 9.17) is 11.6 Å². The number of rotatable bonds is 4. The summed E-state index contributed by atoms with van der Waals surface area (Å²) in [6.07, 6.45) is 1.61. The Morgan fingerprint density at radius 1 is 1.27 bits per heavy atom. The van der Waals surface area contributed by atoms with Gasteiger partial charge in [0.1, 0.15) is 11.6 Å². The van der Waals surface area contributed by atoms with Gasteiger partial charge in [-0.3, -0.25) is 0 Å². The van der Waals surface area contributed by atoms with E-state index in [1.165, 1.54) is 12.1 Å². The van der Waals surface area contributed by atoms with Gasteiger partial charge in [-0.1, -0.05) is 39.7 Å². The molecule has 3 aromatic rings. The van der Waals surface area contributed by atoms with Crippen molar-refractivity contribution in [3.63, 3.8) is 0 Å². The molecule has 0 unspecified atom stereocenters. The zero-order chi connectivity index (χ0) is 21.3. The van der Waals surface area contributed by atoms with Gasteiger partial charge in [0.2, 0.25) is 0 Å². The molecule has 0 saturated carbocycles. The molecule has 1 aliphatic rings. The van der Waals surface area contributed by atoms with Gasteiger partial charge in [-0.05, 0) is 55.7 Å². The maximum Gasteiger partial charge on any atom is 0.322 e. The summed E-state index contributed by atoms with van der Waals surface area (Å²) in [6, 6.07) is 11.6. The van der Waals surface area contributed by atoms with E-state index in [9.17, 15) is 9.18 Å². The highest BCUT2D eigenvalue weighted by molar-refractivity contribution is 9.10. The molecule has 2 heterocycles. The predicted molar refractivity (Wildman–Crippen MR) is 117 cm³/mol. The highest BCUT2D eigenvalue weighted by Crippen LogP contribution is 2.32. The van der Waals surface area contributed by atoms with Crippen molar-refractivity contribution in [2.45, 2.75) is 32.4 Å². The Labute approximate surface area is 187 Å². The van der Waals surface area contributed by atoms with Crippen LogP contribution in [-0.2, 0) is 6.54 Å². The van der Waals surface area contributed by atoms with Gasteiger partial charge in [-0.15, -0.1) is 10.2 Å². The number of likely N-dealkylation sites (tertiary alicyclic amines) is 1. The van der Waals surface area contributed by atoms with E-state index in [2.05, 4.69) is 31.4 Å². The monoisotopic (exact) mass is 491 g/mol. The van der Waals surface area contributed by atoms with Gasteiger partial charge >= 0.3 is 6.03 Å². The Hall–Kier alpha value is -2.45. The van der Waals surface area contributed by atoms with Crippen LogP contribution >= 0.6 is 27.5 Å². The van der Waals surface area contributed by atoms with Crippen molar-refractivity contribution < 1.29 is 9.18 Å². The molecule has 6 nitrogen and oxygen atoms in total. The lowest BCUT2D eigenvalue weighted by molar-refractivity contribution is 0.203. The molecule has 0 bridgehead atoms. The fraction of sp³-hybridized carbons (Fsp3) is 0.286. The average Bonchev–Trinajstić information content (AvgIpc) is 3.33. The molecule has 1 atom stereocenters. The predicted octanol–water partition coefficient (Wildman–Crippen LogP) is 5.56. The van der Waals surface area contributed by atoms with E-state index in [0.29, 0.717) is 22.6 Å². The largest absolute Gasteiger partial charge is 0.322 e. The van der Waals surface area contributed by atoms with E-state index >= 15 is 0 Å². The number of amides is 2. The van der Waals surface area contributed by atoms with Crippen molar-refractivity contribution in [1.29, 1.82) is 0 Å². The zero-order valence-corrected chi connectivity index (χ0v) is 18.6. The quantitative estimate of drug-likeness (QED) is 0.519. The number of anilines is 1. The van der Waals surface area contributed by atoms with Crippen LogP contribution in [-0.4, -0.2) is 32.2 Å². The topological polar surface area (TPSA) is 63.1 Å². The summed E-state index contributed by atoms with van der Waals surface area (Å²) < 4.78 is 16.8. The number of aromatic nitrogens is 3. The first kappa shape index (κ1) is 20.8. The SMILES string of the molecule is Cc1nnc([C@H]2CCCN2C(=O)Nc2ccc(Br)cc2F)n1Cc1ccc(Cl)cc1. The number of nitrogens with zero attached hydrogens (tertiary/aromatic N) is 4. The first-order valence-electron chi connectivity index (χ1n) is 9.59. The minimum atomic E-state index is -0.491. The molecule has 156 valence electrons. The molecule has 4 rings (SSSR count). The molecule has 1 aliphatic heterocycles. The second-order valence-electron chi connectivity index (χ2n) is 7.22. The van der Waals surface area contributed by atoms with Gasteiger partial charge in [-0.25, -0.2) is 9.18 Å². The number of hydrogen-bond acceptors (Lipinski definition) is 3. The van der Waals surface area contributed by atoms with Crippen LogP contribution in [0.4, 0.5) is 14.9 Å². The Morgan fingerprint density at radius 3 is 2.77 bits per heavy atom. The Morgan fingerprint density at radius 2 is 2.03 bits per heavy atom. The summed E-state index contributed by atoms with van der Waals surface area (Å²) in [5.41, 5.74) is 1.21. The smallest absolute Gasteiger partial charge is 0.314 e. The van der Waals surface area contributed by atoms with Gasteiger partial charge in [0.05, 0.1) is 18.3 Å². The van der Waals surface area contributed by atoms with Crippen molar-refractivity contribution in [3.8, 4) is 0 Å². The second-order valence-corrected chi connectivity index (χ2v) is 8.58. The van der Waals surface area contributed by atoms with Crippen molar-refractivity contribution in [2.24, 2.45) is 0 Å². The number of hydrogen-bond donors (Lipinski definition) is 1. The van der Waals surface area contributed by atoms with Crippen molar-refractivity contribution in [1.82, 2.24) is 19.7 Å². The van der Waals surface area contributed by atoms with Gasteiger partial charge in [0, 0.05) is 16.0 Å². The lowest BCUT2D eigenvalue weighted by Crippen LogP contribution is -2.36. The summed E-state index contributed by atoms with van der Waals surface area (Å²) in [5.74, 6) is 1.01. The second kappa shape index (κ2) is 8.73. The number of carbonyl (C=O) groups is 1. The maximum atomic E-state index is 14.2. The lowest BCUT2D eigenvalue weighted by atomic mass is 10.2. The van der Waals surface area contributed by atoms with Crippen LogP contribution in [0.2, 0.25) is 5.02 Å². The third kappa shape index (κ3) is 4.34. The van der Waals surface area contributed by atoms with Gasteiger partial charge in [0.25, 0.3) is 0 Å². The Balaban J connectivity index is 1.56. The first-order valence-corrected chi connectivity index (χ1v) is 10.8. The van der Waals surface area contributed by atoms with E-state index in [-0.39, 0.29) is 17.8 Å². The van der Waals surface area contributed by atoms with Crippen LogP contribution in [0.15, 0.2) is 46.9 Å². The van der Waals surface area contributed by atoms with Crippen LogP contribution < -0.4 is 5.32 Å². The standard InChI is InChI=1S/C21H20BrClFN5O/c1-13-26-27-20(29(13)12-14-4-7-16(23)8-5-14)19-3-2-10-28(19)21(30)25-18-9-6-15(22)11-17(18)24/h4-9,11,19H,2-3,10,12H2,1H3,(H,25,30)/t19-/m1/s1. The lowest BCUT2D eigenvalue weighted by Gasteiger charge is -2.25. The molecule has 1 aromatic heterocycles. The summed E-state index contributed by atoms with van der Waals surface area (Å²) in [5, 5.41) is 12.0. The fourth-order valence-electron chi connectivity index (χ4n) is 3.67. The minimum absolute atomic E-state index is 0.146. The zero-order valence-electron chi connectivity index (χ0n) is 16.3. The van der Waals surface area contributed by atoms with Crippen LogP contribution in [0.3, 0.4) is 0 Å². The van der Waals surface area contributed by atoms with E-state index < -0.39 is 5.82 Å². The summed E-state index contributed by atoms with van der Waals surface area (Å²) in [6.45, 7) is 3.04. The third-order valence-electron chi connectivity index (χ3n) is 5.20. The molecule has 1 fully saturated rings. The Kier molecular flexibility index (Phi) is 6.06. The molecule has 0 radical (unpaired) electrons. The fourth-order valence-corrected chi connectivity index (χ4v) is 4.13. The molecule has 9 heteroatoms. The van der Waals surface area contributed by atoms with Gasteiger partial charge in [0.15, 0.2) is 5.82 Å². The molecule has 1 saturated heterocycles. The molecular formula is C21H20BrClFN5O. The van der Waals surface area contributed by atoms with Crippen LogP contribution in [0.5, 0.6) is 0 Å². The number of carbonyl (C=O) groups excluding carboxylic acids is 1. The summed E-state index contributed by atoms with van der Waals surface area (Å²) in [4.78, 5) is 14.6. The highest BCUT2D eigenvalue weighted by atomic mass is 79.9. The van der Waals surface area contributed by atoms with E-state index in [0.717, 1.165) is 30.1 Å². The number of nitrogens with one attached hydrogen (secondary N) is 1. The van der Waals surface area contributed by atoms with Crippen molar-refractivity contribution in [3.05, 3.63) is 75.0 Å².